The number of carbonyl (C=O) groups excluding carboxylic acids is 1. The van der Waals surface area contributed by atoms with Gasteiger partial charge >= 0.3 is 0 Å². The van der Waals surface area contributed by atoms with Crippen LogP contribution < -0.4 is 5.14 Å². The highest BCUT2D eigenvalue weighted by Crippen LogP contribution is 2.28. The molecule has 6 heteroatoms. The molecule has 0 aliphatic heterocycles. The van der Waals surface area contributed by atoms with E-state index >= 15 is 0 Å². The maximum Gasteiger partial charge on any atom is 0.255 e. The predicted molar refractivity (Wildman–Crippen MR) is 76.7 cm³/mol. The molecular formula is C14H20N2O3S. The molecule has 0 bridgehead atoms. The van der Waals surface area contributed by atoms with Crippen molar-refractivity contribution in [2.24, 2.45) is 11.1 Å². The molecule has 1 aliphatic rings. The maximum atomic E-state index is 12.5. The third kappa shape index (κ3) is 3.19. The lowest BCUT2D eigenvalue weighted by molar-refractivity contribution is 0.0702. The summed E-state index contributed by atoms with van der Waals surface area (Å²) in [6.07, 6.45) is 3.49. The summed E-state index contributed by atoms with van der Waals surface area (Å²) in [5, 5.41) is 5.18. The van der Waals surface area contributed by atoms with Crippen LogP contribution in [-0.2, 0) is 10.0 Å². The molecule has 1 fully saturated rings. The number of primary sulfonamides is 1. The summed E-state index contributed by atoms with van der Waals surface area (Å²) in [7, 11) is -3.89. The zero-order valence-corrected chi connectivity index (χ0v) is 12.4. The van der Waals surface area contributed by atoms with Gasteiger partial charge in [0.15, 0.2) is 0 Å². The van der Waals surface area contributed by atoms with Gasteiger partial charge in [-0.25, -0.2) is 13.6 Å². The van der Waals surface area contributed by atoms with Crippen LogP contribution in [0.5, 0.6) is 0 Å². The quantitative estimate of drug-likeness (QED) is 0.896. The average Bonchev–Trinajstić information content (AvgIpc) is 2.36. The molecule has 1 aromatic carbocycles. The van der Waals surface area contributed by atoms with Crippen molar-refractivity contribution in [3.05, 3.63) is 29.8 Å². The second-order valence-electron chi connectivity index (χ2n) is 5.18. The van der Waals surface area contributed by atoms with Crippen molar-refractivity contribution in [3.63, 3.8) is 0 Å². The van der Waals surface area contributed by atoms with Crippen molar-refractivity contribution >= 4 is 15.9 Å². The minimum Gasteiger partial charge on any atom is -0.339 e. The number of carbonyl (C=O) groups is 1. The Kier molecular flexibility index (Phi) is 4.45. The summed E-state index contributed by atoms with van der Waals surface area (Å²) < 4.78 is 23.1. The Labute approximate surface area is 119 Å². The van der Waals surface area contributed by atoms with E-state index in [0.717, 1.165) is 12.8 Å². The molecule has 1 amide bonds. The number of nitrogens with zero attached hydrogens (tertiary/aromatic N) is 1. The van der Waals surface area contributed by atoms with E-state index in [1.165, 1.54) is 18.6 Å². The molecule has 0 unspecified atom stereocenters. The Morgan fingerprint density at radius 1 is 1.35 bits per heavy atom. The monoisotopic (exact) mass is 296 g/mol. The summed E-state index contributed by atoms with van der Waals surface area (Å²) >= 11 is 0. The fraction of sp³-hybridized carbons (Fsp3) is 0.500. The molecule has 5 nitrogen and oxygen atoms in total. The van der Waals surface area contributed by atoms with Crippen molar-refractivity contribution in [3.8, 4) is 0 Å². The van der Waals surface area contributed by atoms with E-state index < -0.39 is 10.0 Å². The van der Waals surface area contributed by atoms with Crippen LogP contribution in [0.2, 0.25) is 0 Å². The van der Waals surface area contributed by atoms with Gasteiger partial charge in [0.05, 0.1) is 10.5 Å². The zero-order chi connectivity index (χ0) is 14.8. The molecule has 0 heterocycles. The van der Waals surface area contributed by atoms with Crippen molar-refractivity contribution < 1.29 is 13.2 Å². The third-order valence-electron chi connectivity index (χ3n) is 3.80. The normalized spacial score (nSPS) is 15.7. The van der Waals surface area contributed by atoms with Gasteiger partial charge in [0.25, 0.3) is 5.91 Å². The van der Waals surface area contributed by atoms with Gasteiger partial charge in [-0.05, 0) is 37.8 Å². The Morgan fingerprint density at radius 3 is 2.50 bits per heavy atom. The van der Waals surface area contributed by atoms with Crippen LogP contribution in [0.25, 0.3) is 0 Å². The van der Waals surface area contributed by atoms with E-state index in [1.807, 2.05) is 6.92 Å². The van der Waals surface area contributed by atoms with Gasteiger partial charge in [-0.3, -0.25) is 4.79 Å². The van der Waals surface area contributed by atoms with Crippen LogP contribution >= 0.6 is 0 Å². The van der Waals surface area contributed by atoms with E-state index in [-0.39, 0.29) is 16.4 Å². The number of hydrogen-bond acceptors (Lipinski definition) is 3. The summed E-state index contributed by atoms with van der Waals surface area (Å²) in [6, 6.07) is 6.11. The molecule has 2 N–H and O–H groups in total. The first-order valence-corrected chi connectivity index (χ1v) is 8.39. The third-order valence-corrected chi connectivity index (χ3v) is 4.77. The highest BCUT2D eigenvalue weighted by molar-refractivity contribution is 7.89. The molecular weight excluding hydrogens is 276 g/mol. The van der Waals surface area contributed by atoms with Gasteiger partial charge in [-0.2, -0.15) is 0 Å². The first-order chi connectivity index (χ1) is 9.43. The molecule has 2 rings (SSSR count). The average molecular weight is 296 g/mol. The molecule has 0 radical (unpaired) electrons. The van der Waals surface area contributed by atoms with Gasteiger partial charge in [0.2, 0.25) is 10.0 Å². The number of sulfonamides is 1. The molecule has 0 spiro atoms. The fourth-order valence-corrected chi connectivity index (χ4v) is 3.13. The summed E-state index contributed by atoms with van der Waals surface area (Å²) in [4.78, 5) is 14.1. The molecule has 1 aromatic rings. The first-order valence-electron chi connectivity index (χ1n) is 6.84. The summed E-state index contributed by atoms with van der Waals surface area (Å²) in [5.74, 6) is 0.282. The Bertz CT molecular complexity index is 594. The second-order valence-corrected chi connectivity index (χ2v) is 6.71. The van der Waals surface area contributed by atoms with Gasteiger partial charge in [-0.1, -0.05) is 18.6 Å². The van der Waals surface area contributed by atoms with Crippen LogP contribution in [-0.4, -0.2) is 32.3 Å². The number of hydrogen-bond donors (Lipinski definition) is 1. The lowest BCUT2D eigenvalue weighted by atomic mass is 9.85. The lowest BCUT2D eigenvalue weighted by Crippen LogP contribution is -2.38. The standard InChI is InChI=1S/C14H20N2O3S/c1-2-16(10-11-6-5-7-11)14(17)12-8-3-4-9-13(12)20(15,18)19/h3-4,8-9,11H,2,5-7,10H2,1H3,(H2,15,18,19). The van der Waals surface area contributed by atoms with Crippen molar-refractivity contribution in [1.82, 2.24) is 4.90 Å². The maximum absolute atomic E-state index is 12.5. The smallest absolute Gasteiger partial charge is 0.255 e. The topological polar surface area (TPSA) is 80.5 Å². The number of rotatable bonds is 5. The van der Waals surface area contributed by atoms with Gasteiger partial charge in [-0.15, -0.1) is 0 Å². The van der Waals surface area contributed by atoms with E-state index in [9.17, 15) is 13.2 Å². The number of amides is 1. The largest absolute Gasteiger partial charge is 0.339 e. The van der Waals surface area contributed by atoms with Gasteiger partial charge < -0.3 is 4.90 Å². The van der Waals surface area contributed by atoms with Crippen molar-refractivity contribution in [1.29, 1.82) is 0 Å². The number of benzene rings is 1. The molecule has 0 saturated heterocycles. The van der Waals surface area contributed by atoms with Crippen molar-refractivity contribution in [2.45, 2.75) is 31.1 Å². The predicted octanol–water partition coefficient (Wildman–Crippen LogP) is 1.60. The molecule has 0 atom stereocenters. The Balaban J connectivity index is 2.27. The van der Waals surface area contributed by atoms with E-state index in [2.05, 4.69) is 0 Å². The molecule has 110 valence electrons. The highest BCUT2D eigenvalue weighted by atomic mass is 32.2. The zero-order valence-electron chi connectivity index (χ0n) is 11.6. The van der Waals surface area contributed by atoms with E-state index in [1.54, 1.807) is 17.0 Å². The first kappa shape index (κ1) is 15.0. The van der Waals surface area contributed by atoms with Crippen LogP contribution in [0.1, 0.15) is 36.5 Å². The molecule has 1 aliphatic carbocycles. The minimum absolute atomic E-state index is 0.0999. The van der Waals surface area contributed by atoms with Crippen LogP contribution in [0.4, 0.5) is 0 Å². The summed E-state index contributed by atoms with van der Waals surface area (Å²) in [6.45, 7) is 3.15. The van der Waals surface area contributed by atoms with E-state index in [0.29, 0.717) is 19.0 Å². The lowest BCUT2D eigenvalue weighted by Gasteiger charge is -2.32. The minimum atomic E-state index is -3.89. The SMILES string of the molecule is CCN(CC1CCC1)C(=O)c1ccccc1S(N)(=O)=O. The van der Waals surface area contributed by atoms with Gasteiger partial charge in [0, 0.05) is 13.1 Å². The molecule has 1 saturated carbocycles. The van der Waals surface area contributed by atoms with Crippen LogP contribution in [0.15, 0.2) is 29.2 Å². The molecule has 0 aromatic heterocycles. The van der Waals surface area contributed by atoms with Crippen molar-refractivity contribution in [2.75, 3.05) is 13.1 Å². The summed E-state index contributed by atoms with van der Waals surface area (Å²) in [5.41, 5.74) is 0.163. The molecule has 20 heavy (non-hydrogen) atoms. The van der Waals surface area contributed by atoms with E-state index in [4.69, 9.17) is 5.14 Å². The Morgan fingerprint density at radius 2 is 2.00 bits per heavy atom. The number of nitrogens with two attached hydrogens (primary N) is 1. The van der Waals surface area contributed by atoms with Crippen LogP contribution in [0.3, 0.4) is 0 Å². The highest BCUT2D eigenvalue weighted by Gasteiger charge is 2.26. The Hall–Kier alpha value is -1.40. The fourth-order valence-electron chi connectivity index (χ4n) is 2.40. The second kappa shape index (κ2) is 5.93. The van der Waals surface area contributed by atoms with Crippen LogP contribution in [0, 0.1) is 5.92 Å². The van der Waals surface area contributed by atoms with Gasteiger partial charge in [0.1, 0.15) is 0 Å².